The van der Waals surface area contributed by atoms with Gasteiger partial charge in [0.25, 0.3) is 0 Å². The predicted molar refractivity (Wildman–Crippen MR) is 72.5 cm³/mol. The van der Waals surface area contributed by atoms with Gasteiger partial charge < -0.3 is 10.0 Å². The zero-order chi connectivity index (χ0) is 13.2. The lowest BCUT2D eigenvalue weighted by Gasteiger charge is -2.28. The maximum absolute atomic E-state index is 11.2. The van der Waals surface area contributed by atoms with Gasteiger partial charge >= 0.3 is 5.97 Å². The first-order chi connectivity index (χ1) is 8.49. The summed E-state index contributed by atoms with van der Waals surface area (Å²) in [6.45, 7) is 7.05. The van der Waals surface area contributed by atoms with E-state index in [4.69, 9.17) is 0 Å². The highest BCUT2D eigenvalue weighted by molar-refractivity contribution is 5.74. The summed E-state index contributed by atoms with van der Waals surface area (Å²) >= 11 is 0. The molecule has 0 aromatic carbocycles. The minimum absolute atomic E-state index is 0.500. The normalized spacial score (nSPS) is 37.9. The SMILES string of the molecule is CC1CCCC(CCN2CCC(C)(C(=O)O)C2)C1. The number of carbonyl (C=O) groups is 1. The highest BCUT2D eigenvalue weighted by Gasteiger charge is 2.40. The van der Waals surface area contributed by atoms with E-state index in [1.165, 1.54) is 32.1 Å². The Morgan fingerprint density at radius 3 is 2.83 bits per heavy atom. The molecule has 0 amide bonds. The van der Waals surface area contributed by atoms with Crippen molar-refractivity contribution < 1.29 is 9.90 Å². The summed E-state index contributed by atoms with van der Waals surface area (Å²) in [7, 11) is 0. The zero-order valence-corrected chi connectivity index (χ0v) is 11.8. The molecule has 1 saturated carbocycles. The molecular weight excluding hydrogens is 226 g/mol. The second kappa shape index (κ2) is 5.60. The molecule has 3 unspecified atom stereocenters. The number of nitrogens with zero attached hydrogens (tertiary/aromatic N) is 1. The number of hydrogen-bond acceptors (Lipinski definition) is 2. The number of aliphatic carboxylic acids is 1. The van der Waals surface area contributed by atoms with Gasteiger partial charge in [0.2, 0.25) is 0 Å². The van der Waals surface area contributed by atoms with E-state index in [9.17, 15) is 9.90 Å². The number of carboxylic acids is 1. The fraction of sp³-hybridized carbons (Fsp3) is 0.933. The van der Waals surface area contributed by atoms with Crippen LogP contribution in [0.25, 0.3) is 0 Å². The molecule has 1 saturated heterocycles. The van der Waals surface area contributed by atoms with Crippen molar-refractivity contribution in [2.75, 3.05) is 19.6 Å². The van der Waals surface area contributed by atoms with Gasteiger partial charge in [-0.05, 0) is 51.1 Å². The van der Waals surface area contributed by atoms with Crippen LogP contribution >= 0.6 is 0 Å². The minimum Gasteiger partial charge on any atom is -0.481 e. The van der Waals surface area contributed by atoms with Gasteiger partial charge in [-0.3, -0.25) is 4.79 Å². The number of hydrogen-bond donors (Lipinski definition) is 1. The Hall–Kier alpha value is -0.570. The number of likely N-dealkylation sites (tertiary alicyclic amines) is 1. The van der Waals surface area contributed by atoms with Crippen LogP contribution in [-0.2, 0) is 4.79 Å². The van der Waals surface area contributed by atoms with E-state index in [0.29, 0.717) is 0 Å². The van der Waals surface area contributed by atoms with Crippen molar-refractivity contribution in [3.63, 3.8) is 0 Å². The summed E-state index contributed by atoms with van der Waals surface area (Å²) < 4.78 is 0. The van der Waals surface area contributed by atoms with E-state index in [1.54, 1.807) is 0 Å². The lowest BCUT2D eigenvalue weighted by molar-refractivity contribution is -0.147. The lowest BCUT2D eigenvalue weighted by atomic mass is 9.81. The Balaban J connectivity index is 1.73. The van der Waals surface area contributed by atoms with Crippen molar-refractivity contribution in [2.24, 2.45) is 17.3 Å². The molecular formula is C15H27NO2. The molecule has 18 heavy (non-hydrogen) atoms. The van der Waals surface area contributed by atoms with Crippen molar-refractivity contribution >= 4 is 5.97 Å². The second-order valence-electron chi connectivity index (χ2n) is 6.82. The molecule has 3 atom stereocenters. The lowest BCUT2D eigenvalue weighted by Crippen LogP contribution is -2.32. The molecule has 2 rings (SSSR count). The maximum Gasteiger partial charge on any atom is 0.310 e. The Bertz CT molecular complexity index is 305. The highest BCUT2D eigenvalue weighted by atomic mass is 16.4. The van der Waals surface area contributed by atoms with E-state index < -0.39 is 11.4 Å². The van der Waals surface area contributed by atoms with Crippen molar-refractivity contribution in [3.05, 3.63) is 0 Å². The Morgan fingerprint density at radius 1 is 1.44 bits per heavy atom. The Labute approximate surface area is 111 Å². The third-order valence-electron chi connectivity index (χ3n) is 4.97. The molecule has 0 aromatic heterocycles. The van der Waals surface area contributed by atoms with Gasteiger partial charge in [0, 0.05) is 6.54 Å². The van der Waals surface area contributed by atoms with Crippen LogP contribution in [0.4, 0.5) is 0 Å². The van der Waals surface area contributed by atoms with Gasteiger partial charge in [-0.25, -0.2) is 0 Å². The molecule has 1 N–H and O–H groups in total. The fourth-order valence-corrected chi connectivity index (χ4v) is 3.61. The van der Waals surface area contributed by atoms with Crippen molar-refractivity contribution in [1.82, 2.24) is 4.90 Å². The third-order valence-corrected chi connectivity index (χ3v) is 4.97. The zero-order valence-electron chi connectivity index (χ0n) is 11.8. The molecule has 0 radical (unpaired) electrons. The largest absolute Gasteiger partial charge is 0.481 e. The van der Waals surface area contributed by atoms with Gasteiger partial charge in [0.1, 0.15) is 0 Å². The molecule has 3 nitrogen and oxygen atoms in total. The summed E-state index contributed by atoms with van der Waals surface area (Å²) in [6, 6.07) is 0. The van der Waals surface area contributed by atoms with E-state index >= 15 is 0 Å². The average Bonchev–Trinajstić information content (AvgIpc) is 2.70. The van der Waals surface area contributed by atoms with E-state index in [1.807, 2.05) is 6.92 Å². The maximum atomic E-state index is 11.2. The molecule has 2 fully saturated rings. The Morgan fingerprint density at radius 2 is 2.22 bits per heavy atom. The molecule has 1 aliphatic heterocycles. The summed E-state index contributed by atoms with van der Waals surface area (Å²) in [4.78, 5) is 13.5. The van der Waals surface area contributed by atoms with E-state index in [2.05, 4.69) is 11.8 Å². The van der Waals surface area contributed by atoms with Gasteiger partial charge in [0.15, 0.2) is 0 Å². The van der Waals surface area contributed by atoms with Crippen LogP contribution in [-0.4, -0.2) is 35.6 Å². The first-order valence-corrected chi connectivity index (χ1v) is 7.45. The molecule has 0 aromatic rings. The minimum atomic E-state index is -0.628. The molecule has 104 valence electrons. The van der Waals surface area contributed by atoms with Crippen LogP contribution in [0, 0.1) is 17.3 Å². The summed E-state index contributed by atoms with van der Waals surface area (Å²) in [5.41, 5.74) is -0.500. The fourth-order valence-electron chi connectivity index (χ4n) is 3.61. The summed E-state index contributed by atoms with van der Waals surface area (Å²) in [5, 5.41) is 9.22. The molecule has 1 aliphatic carbocycles. The topological polar surface area (TPSA) is 40.5 Å². The smallest absolute Gasteiger partial charge is 0.310 e. The number of carboxylic acid groups (broad SMARTS) is 1. The second-order valence-corrected chi connectivity index (χ2v) is 6.82. The van der Waals surface area contributed by atoms with E-state index in [0.717, 1.165) is 37.9 Å². The summed E-state index contributed by atoms with van der Waals surface area (Å²) in [6.07, 6.45) is 7.62. The highest BCUT2D eigenvalue weighted by Crippen LogP contribution is 2.33. The molecule has 1 heterocycles. The van der Waals surface area contributed by atoms with Crippen molar-refractivity contribution in [1.29, 1.82) is 0 Å². The van der Waals surface area contributed by atoms with Crippen LogP contribution in [0.5, 0.6) is 0 Å². The first kappa shape index (κ1) is 13.9. The van der Waals surface area contributed by atoms with Crippen LogP contribution in [0.3, 0.4) is 0 Å². The third kappa shape index (κ3) is 3.25. The van der Waals surface area contributed by atoms with Crippen molar-refractivity contribution in [3.8, 4) is 0 Å². The quantitative estimate of drug-likeness (QED) is 0.837. The first-order valence-electron chi connectivity index (χ1n) is 7.45. The standard InChI is InChI=1S/C15H27NO2/c1-12-4-3-5-13(10-12)6-8-16-9-7-15(2,11-16)14(17)18/h12-13H,3-11H2,1-2H3,(H,17,18). The Kier molecular flexibility index (Phi) is 4.31. The van der Waals surface area contributed by atoms with E-state index in [-0.39, 0.29) is 0 Å². The monoisotopic (exact) mass is 253 g/mol. The number of rotatable bonds is 4. The predicted octanol–water partition coefficient (Wildman–Crippen LogP) is 3.00. The molecule has 0 spiro atoms. The van der Waals surface area contributed by atoms with Gasteiger partial charge in [-0.2, -0.15) is 0 Å². The molecule has 3 heteroatoms. The van der Waals surface area contributed by atoms with Crippen LogP contribution in [0.1, 0.15) is 52.4 Å². The van der Waals surface area contributed by atoms with Gasteiger partial charge in [0.05, 0.1) is 5.41 Å². The summed E-state index contributed by atoms with van der Waals surface area (Å²) in [5.74, 6) is 1.15. The molecule has 2 aliphatic rings. The van der Waals surface area contributed by atoms with Crippen LogP contribution < -0.4 is 0 Å². The average molecular weight is 253 g/mol. The van der Waals surface area contributed by atoms with Crippen molar-refractivity contribution in [2.45, 2.75) is 52.4 Å². The van der Waals surface area contributed by atoms with Crippen LogP contribution in [0.15, 0.2) is 0 Å². The van der Waals surface area contributed by atoms with Gasteiger partial charge in [-0.15, -0.1) is 0 Å². The van der Waals surface area contributed by atoms with Crippen LogP contribution in [0.2, 0.25) is 0 Å². The van der Waals surface area contributed by atoms with Gasteiger partial charge in [-0.1, -0.05) is 26.2 Å². The molecule has 0 bridgehead atoms.